The minimum Gasteiger partial charge on any atom is -0.343 e. The molecule has 3 aromatic rings. The van der Waals surface area contributed by atoms with Gasteiger partial charge in [-0.15, -0.1) is 0 Å². The van der Waals surface area contributed by atoms with E-state index in [9.17, 15) is 0 Å². The van der Waals surface area contributed by atoms with Gasteiger partial charge in [0.25, 0.3) is 0 Å². The van der Waals surface area contributed by atoms with E-state index in [4.69, 9.17) is 0 Å². The van der Waals surface area contributed by atoms with Crippen LogP contribution in [0.4, 0.5) is 0 Å². The van der Waals surface area contributed by atoms with Crippen LogP contribution in [-0.2, 0) is 6.54 Å². The number of fused-ring (bicyclic) bond motifs is 1. The molecule has 0 fully saturated rings. The largest absolute Gasteiger partial charge is 0.343 e. The standard InChI is InChI=1S/C18H19N.C2H6/c1-14(2)16-9-6-10-18-17(16)11-12-19(18)13-15-7-4-3-5-8-15;1-2/h3-12,14H,13H2,1-2H3;1-2H3. The molecule has 21 heavy (non-hydrogen) atoms. The van der Waals surface area contributed by atoms with Gasteiger partial charge in [-0.1, -0.05) is 70.2 Å². The molecule has 0 unspecified atom stereocenters. The second kappa shape index (κ2) is 7.12. The lowest BCUT2D eigenvalue weighted by molar-refractivity contribution is 0.835. The van der Waals surface area contributed by atoms with E-state index in [-0.39, 0.29) is 0 Å². The van der Waals surface area contributed by atoms with Crippen molar-refractivity contribution >= 4 is 10.9 Å². The lowest BCUT2D eigenvalue weighted by Gasteiger charge is -2.09. The number of hydrogen-bond donors (Lipinski definition) is 0. The Labute approximate surface area is 128 Å². The maximum absolute atomic E-state index is 2.33. The molecular formula is C20H25N. The van der Waals surface area contributed by atoms with E-state index < -0.39 is 0 Å². The molecule has 0 saturated carbocycles. The number of benzene rings is 2. The molecular weight excluding hydrogens is 254 g/mol. The summed E-state index contributed by atoms with van der Waals surface area (Å²) in [6, 6.07) is 19.5. The van der Waals surface area contributed by atoms with E-state index in [0.29, 0.717) is 5.92 Å². The highest BCUT2D eigenvalue weighted by molar-refractivity contribution is 5.84. The third-order valence-electron chi connectivity index (χ3n) is 3.67. The van der Waals surface area contributed by atoms with Gasteiger partial charge in [-0.05, 0) is 29.2 Å². The van der Waals surface area contributed by atoms with E-state index in [1.165, 1.54) is 22.0 Å². The molecule has 0 saturated heterocycles. The second-order valence-corrected chi connectivity index (χ2v) is 5.36. The summed E-state index contributed by atoms with van der Waals surface area (Å²) in [4.78, 5) is 0. The normalized spacial score (nSPS) is 10.5. The molecule has 1 nitrogen and oxygen atoms in total. The number of rotatable bonds is 3. The van der Waals surface area contributed by atoms with Crippen LogP contribution >= 0.6 is 0 Å². The van der Waals surface area contributed by atoms with Crippen LogP contribution in [0.1, 0.15) is 44.7 Å². The van der Waals surface area contributed by atoms with Crippen molar-refractivity contribution < 1.29 is 0 Å². The fourth-order valence-electron chi connectivity index (χ4n) is 2.67. The van der Waals surface area contributed by atoms with Crippen molar-refractivity contribution in [2.24, 2.45) is 0 Å². The van der Waals surface area contributed by atoms with Crippen LogP contribution in [-0.4, -0.2) is 4.57 Å². The maximum Gasteiger partial charge on any atom is 0.0486 e. The van der Waals surface area contributed by atoms with Crippen LogP contribution in [0, 0.1) is 0 Å². The lowest BCUT2D eigenvalue weighted by Crippen LogP contribution is -1.97. The molecule has 1 heteroatoms. The Hall–Kier alpha value is -2.02. The number of nitrogens with zero attached hydrogens (tertiary/aromatic N) is 1. The molecule has 3 rings (SSSR count). The van der Waals surface area contributed by atoms with Crippen molar-refractivity contribution in [1.29, 1.82) is 0 Å². The van der Waals surface area contributed by atoms with E-state index in [0.717, 1.165) is 6.54 Å². The highest BCUT2D eigenvalue weighted by atomic mass is 14.9. The van der Waals surface area contributed by atoms with Gasteiger partial charge in [0.15, 0.2) is 0 Å². The summed E-state index contributed by atoms with van der Waals surface area (Å²) in [6.07, 6.45) is 2.20. The first-order valence-electron chi connectivity index (χ1n) is 7.87. The first-order valence-corrected chi connectivity index (χ1v) is 7.87. The predicted octanol–water partition coefficient (Wildman–Crippen LogP) is 5.84. The van der Waals surface area contributed by atoms with Crippen molar-refractivity contribution in [2.45, 2.75) is 40.2 Å². The SMILES string of the molecule is CC.CC(C)c1cccc2c1ccn2Cc1ccccc1. The third kappa shape index (κ3) is 3.36. The molecule has 1 heterocycles. The molecule has 0 N–H and O–H groups in total. The highest BCUT2D eigenvalue weighted by Gasteiger charge is 2.08. The first-order chi connectivity index (χ1) is 10.3. The van der Waals surface area contributed by atoms with Crippen molar-refractivity contribution in [3.05, 3.63) is 71.9 Å². The van der Waals surface area contributed by atoms with Crippen molar-refractivity contribution in [3.63, 3.8) is 0 Å². The average molecular weight is 279 g/mol. The fourth-order valence-corrected chi connectivity index (χ4v) is 2.67. The topological polar surface area (TPSA) is 4.93 Å². The van der Waals surface area contributed by atoms with E-state index in [2.05, 4.69) is 79.2 Å². The first kappa shape index (κ1) is 15.4. The number of aromatic nitrogens is 1. The quantitative estimate of drug-likeness (QED) is 0.567. The van der Waals surface area contributed by atoms with Gasteiger partial charge < -0.3 is 4.57 Å². The Morgan fingerprint density at radius 1 is 0.857 bits per heavy atom. The van der Waals surface area contributed by atoms with E-state index in [1.54, 1.807) is 0 Å². The zero-order valence-electron chi connectivity index (χ0n) is 13.5. The Morgan fingerprint density at radius 2 is 1.57 bits per heavy atom. The smallest absolute Gasteiger partial charge is 0.0486 e. The average Bonchev–Trinajstić information content (AvgIpc) is 2.93. The lowest BCUT2D eigenvalue weighted by atomic mass is 9.99. The summed E-state index contributed by atoms with van der Waals surface area (Å²) in [5.41, 5.74) is 4.11. The molecule has 0 radical (unpaired) electrons. The van der Waals surface area contributed by atoms with Crippen molar-refractivity contribution in [3.8, 4) is 0 Å². The zero-order valence-corrected chi connectivity index (χ0v) is 13.5. The number of hydrogen-bond acceptors (Lipinski definition) is 0. The summed E-state index contributed by atoms with van der Waals surface area (Å²) in [5, 5.41) is 1.38. The summed E-state index contributed by atoms with van der Waals surface area (Å²) in [7, 11) is 0. The summed E-state index contributed by atoms with van der Waals surface area (Å²) < 4.78 is 2.33. The zero-order chi connectivity index (χ0) is 15.2. The minimum absolute atomic E-state index is 0.566. The van der Waals surface area contributed by atoms with E-state index >= 15 is 0 Å². The molecule has 0 bridgehead atoms. The van der Waals surface area contributed by atoms with Crippen molar-refractivity contribution in [2.75, 3.05) is 0 Å². The van der Waals surface area contributed by atoms with Gasteiger partial charge in [0.1, 0.15) is 0 Å². The molecule has 110 valence electrons. The maximum atomic E-state index is 2.33. The Kier molecular flexibility index (Phi) is 5.21. The molecule has 0 spiro atoms. The third-order valence-corrected chi connectivity index (χ3v) is 3.67. The Morgan fingerprint density at radius 3 is 2.24 bits per heavy atom. The predicted molar refractivity (Wildman–Crippen MR) is 92.9 cm³/mol. The summed E-state index contributed by atoms with van der Waals surface area (Å²) in [6.45, 7) is 9.44. The van der Waals surface area contributed by atoms with E-state index in [1.807, 2.05) is 13.8 Å². The minimum atomic E-state index is 0.566. The van der Waals surface area contributed by atoms with Crippen LogP contribution in [0.2, 0.25) is 0 Å². The van der Waals surface area contributed by atoms with Gasteiger partial charge in [0, 0.05) is 23.6 Å². The van der Waals surface area contributed by atoms with Crippen LogP contribution in [0.3, 0.4) is 0 Å². The fraction of sp³-hybridized carbons (Fsp3) is 0.300. The monoisotopic (exact) mass is 279 g/mol. The highest BCUT2D eigenvalue weighted by Crippen LogP contribution is 2.26. The molecule has 1 aromatic heterocycles. The van der Waals surface area contributed by atoms with Gasteiger partial charge in [-0.25, -0.2) is 0 Å². The molecule has 0 aliphatic carbocycles. The second-order valence-electron chi connectivity index (χ2n) is 5.36. The van der Waals surface area contributed by atoms with Crippen LogP contribution < -0.4 is 0 Å². The van der Waals surface area contributed by atoms with Gasteiger partial charge in [0.2, 0.25) is 0 Å². The summed E-state index contributed by atoms with van der Waals surface area (Å²) in [5.74, 6) is 0.566. The molecule has 0 aliphatic heterocycles. The van der Waals surface area contributed by atoms with Gasteiger partial charge in [-0.3, -0.25) is 0 Å². The van der Waals surface area contributed by atoms with Crippen LogP contribution in [0.15, 0.2) is 60.8 Å². The molecule has 0 aliphatic rings. The van der Waals surface area contributed by atoms with Gasteiger partial charge in [-0.2, -0.15) is 0 Å². The Balaban J connectivity index is 0.000000774. The van der Waals surface area contributed by atoms with Gasteiger partial charge >= 0.3 is 0 Å². The van der Waals surface area contributed by atoms with Crippen molar-refractivity contribution in [1.82, 2.24) is 4.57 Å². The molecule has 2 aromatic carbocycles. The van der Waals surface area contributed by atoms with Gasteiger partial charge in [0.05, 0.1) is 0 Å². The van der Waals surface area contributed by atoms with Crippen LogP contribution in [0.25, 0.3) is 10.9 Å². The molecule has 0 atom stereocenters. The summed E-state index contributed by atoms with van der Waals surface area (Å²) >= 11 is 0. The Bertz CT molecular complexity index is 677. The van der Waals surface area contributed by atoms with Crippen LogP contribution in [0.5, 0.6) is 0 Å². The molecule has 0 amide bonds.